The van der Waals surface area contributed by atoms with E-state index >= 15 is 0 Å². The lowest BCUT2D eigenvalue weighted by molar-refractivity contribution is 0.0705. The summed E-state index contributed by atoms with van der Waals surface area (Å²) in [6.07, 6.45) is 21.8. The third kappa shape index (κ3) is 9.80. The lowest BCUT2D eigenvalue weighted by atomic mass is 9.53. The zero-order valence-corrected chi connectivity index (χ0v) is 28.8. The second-order valence-corrected chi connectivity index (χ2v) is 14.9. The molecule has 7 rings (SSSR count). The third-order valence-electron chi connectivity index (χ3n) is 11.4. The highest BCUT2D eigenvalue weighted by molar-refractivity contribution is 5.83. The number of hydrogen-bond donors (Lipinski definition) is 0. The summed E-state index contributed by atoms with van der Waals surface area (Å²) in [6, 6.07) is 18.0. The molecule has 1 saturated heterocycles. The second kappa shape index (κ2) is 18.0. The smallest absolute Gasteiger partial charge is 0.119 e. The van der Waals surface area contributed by atoms with E-state index in [1.54, 1.807) is 5.57 Å². The molecule has 0 N–H and O–H groups in total. The molecule has 254 valence electrons. The summed E-state index contributed by atoms with van der Waals surface area (Å²) in [5.41, 5.74) is 14.3. The SMILES string of the molecule is [N-]=[N+]=NCCCCCCOc1ccc(C(c2ccc(OCCCCCCN3CCCCCC3)cc2)=C2C3C[C@H]4C[C@@H](C3)C[C@H]2C4)cc1. The number of benzene rings is 2. The fraction of sp³-hybridized carbons (Fsp3) is 0.659. The van der Waals surface area contributed by atoms with Gasteiger partial charge in [-0.2, -0.15) is 0 Å². The van der Waals surface area contributed by atoms with Gasteiger partial charge in [-0.1, -0.05) is 73.5 Å². The van der Waals surface area contributed by atoms with Crippen LogP contribution < -0.4 is 9.47 Å². The first-order valence-electron chi connectivity index (χ1n) is 19.2. The van der Waals surface area contributed by atoms with Crippen LogP contribution in [0, 0.1) is 23.7 Å². The molecule has 0 spiro atoms. The molecule has 5 aliphatic rings. The highest BCUT2D eigenvalue weighted by Crippen LogP contribution is 2.58. The highest BCUT2D eigenvalue weighted by atomic mass is 16.5. The van der Waals surface area contributed by atoms with E-state index < -0.39 is 0 Å². The number of ether oxygens (including phenoxy) is 2. The van der Waals surface area contributed by atoms with Crippen molar-refractivity contribution >= 4 is 5.57 Å². The highest BCUT2D eigenvalue weighted by Gasteiger charge is 2.46. The van der Waals surface area contributed by atoms with Crippen LogP contribution in [0.5, 0.6) is 11.5 Å². The van der Waals surface area contributed by atoms with Crippen molar-refractivity contribution in [1.82, 2.24) is 4.90 Å². The molecule has 4 bridgehead atoms. The Hall–Kier alpha value is -2.95. The van der Waals surface area contributed by atoms with Gasteiger partial charge in [0, 0.05) is 11.5 Å². The largest absolute Gasteiger partial charge is 0.494 e. The monoisotopic (exact) mass is 638 g/mol. The molecular formula is C41H58N4O2. The Balaban J connectivity index is 1.03. The fourth-order valence-electron chi connectivity index (χ4n) is 9.25. The topological polar surface area (TPSA) is 70.5 Å². The van der Waals surface area contributed by atoms with Crippen LogP contribution in [-0.4, -0.2) is 44.3 Å². The minimum atomic E-state index is 0.592. The van der Waals surface area contributed by atoms with Crippen molar-refractivity contribution in [2.45, 2.75) is 109 Å². The zero-order valence-electron chi connectivity index (χ0n) is 28.8. The standard InChI is InChI=1S/C41H58N4O2/c42-44-43-21-7-1-5-11-25-46-38-17-13-34(14-18-38)40(41-36-28-32-27-33(30-36)31-37(41)29-32)35-15-19-39(20-16-35)47-26-12-6-4-10-24-45-22-8-2-3-9-23-45/h13-20,32-33,36-37H,1-12,21-31H2/t32-,33+,36+,37?. The first-order valence-corrected chi connectivity index (χ1v) is 19.2. The molecule has 0 atom stereocenters. The molecule has 0 aromatic heterocycles. The van der Waals surface area contributed by atoms with Crippen molar-refractivity contribution in [2.75, 3.05) is 39.4 Å². The van der Waals surface area contributed by atoms with Crippen LogP contribution in [0.2, 0.25) is 0 Å². The molecule has 0 amide bonds. The summed E-state index contributed by atoms with van der Waals surface area (Å²) in [6.45, 7) is 6.02. The van der Waals surface area contributed by atoms with Gasteiger partial charge in [-0.25, -0.2) is 0 Å². The van der Waals surface area contributed by atoms with Crippen molar-refractivity contribution in [1.29, 1.82) is 0 Å². The molecule has 0 radical (unpaired) electrons. The fourth-order valence-corrected chi connectivity index (χ4v) is 9.25. The predicted molar refractivity (Wildman–Crippen MR) is 193 cm³/mol. The van der Waals surface area contributed by atoms with Gasteiger partial charge in [0.25, 0.3) is 0 Å². The van der Waals surface area contributed by atoms with Gasteiger partial charge in [-0.05, 0) is 160 Å². The molecule has 2 aromatic carbocycles. The van der Waals surface area contributed by atoms with Crippen LogP contribution >= 0.6 is 0 Å². The van der Waals surface area contributed by atoms with Crippen LogP contribution in [0.4, 0.5) is 0 Å². The Morgan fingerprint density at radius 1 is 0.638 bits per heavy atom. The minimum Gasteiger partial charge on any atom is -0.494 e. The molecule has 4 saturated carbocycles. The maximum absolute atomic E-state index is 8.41. The van der Waals surface area contributed by atoms with Crippen LogP contribution in [0.15, 0.2) is 59.2 Å². The Morgan fingerprint density at radius 2 is 1.15 bits per heavy atom. The minimum absolute atomic E-state index is 0.592. The number of likely N-dealkylation sites (tertiary alicyclic amines) is 1. The molecule has 1 heterocycles. The number of hydrogen-bond acceptors (Lipinski definition) is 4. The van der Waals surface area contributed by atoms with Gasteiger partial charge in [-0.15, -0.1) is 0 Å². The molecule has 6 heteroatoms. The van der Waals surface area contributed by atoms with E-state index in [1.807, 2.05) is 0 Å². The van der Waals surface area contributed by atoms with Gasteiger partial charge < -0.3 is 14.4 Å². The van der Waals surface area contributed by atoms with E-state index in [9.17, 15) is 0 Å². The summed E-state index contributed by atoms with van der Waals surface area (Å²) in [5.74, 6) is 5.32. The molecule has 47 heavy (non-hydrogen) atoms. The molecule has 5 fully saturated rings. The maximum Gasteiger partial charge on any atom is 0.119 e. The van der Waals surface area contributed by atoms with Gasteiger partial charge in [0.2, 0.25) is 0 Å². The average molecular weight is 639 g/mol. The van der Waals surface area contributed by atoms with Crippen molar-refractivity contribution in [3.05, 3.63) is 75.7 Å². The van der Waals surface area contributed by atoms with Gasteiger partial charge >= 0.3 is 0 Å². The van der Waals surface area contributed by atoms with E-state index in [4.69, 9.17) is 15.0 Å². The molecule has 0 unspecified atom stereocenters. The summed E-state index contributed by atoms with van der Waals surface area (Å²) in [5, 5.41) is 3.62. The van der Waals surface area contributed by atoms with Crippen LogP contribution in [-0.2, 0) is 0 Å². The van der Waals surface area contributed by atoms with Crippen molar-refractivity contribution in [2.24, 2.45) is 28.8 Å². The Kier molecular flexibility index (Phi) is 13.0. The maximum atomic E-state index is 8.41. The van der Waals surface area contributed by atoms with E-state index in [1.165, 1.54) is 113 Å². The average Bonchev–Trinajstić information content (AvgIpc) is 3.37. The first kappa shape index (κ1) is 33.9. The van der Waals surface area contributed by atoms with Crippen molar-refractivity contribution in [3.63, 3.8) is 0 Å². The number of rotatable bonds is 18. The van der Waals surface area contributed by atoms with Crippen LogP contribution in [0.3, 0.4) is 0 Å². The van der Waals surface area contributed by atoms with Crippen molar-refractivity contribution < 1.29 is 9.47 Å². The quantitative estimate of drug-likeness (QED) is 0.0706. The van der Waals surface area contributed by atoms with Crippen LogP contribution in [0.25, 0.3) is 16.0 Å². The van der Waals surface area contributed by atoms with Gasteiger partial charge in [0.15, 0.2) is 0 Å². The van der Waals surface area contributed by atoms with E-state index in [-0.39, 0.29) is 0 Å². The summed E-state index contributed by atoms with van der Waals surface area (Å²) < 4.78 is 12.3. The lowest BCUT2D eigenvalue weighted by Gasteiger charge is -2.52. The molecule has 6 nitrogen and oxygen atoms in total. The molecule has 1 aliphatic heterocycles. The molecule has 4 aliphatic carbocycles. The first-order chi connectivity index (χ1) is 23.3. The Bertz CT molecular complexity index is 1280. The lowest BCUT2D eigenvalue weighted by Crippen LogP contribution is -2.40. The summed E-state index contributed by atoms with van der Waals surface area (Å²) in [4.78, 5) is 5.51. The molecule has 2 aromatic rings. The normalized spacial score (nSPS) is 23.7. The number of azide groups is 1. The van der Waals surface area contributed by atoms with Crippen LogP contribution in [0.1, 0.15) is 120 Å². The van der Waals surface area contributed by atoms with E-state index in [0.717, 1.165) is 80.5 Å². The number of nitrogens with zero attached hydrogens (tertiary/aromatic N) is 4. The third-order valence-corrected chi connectivity index (χ3v) is 11.4. The Labute approximate surface area is 283 Å². The number of unbranched alkanes of at least 4 members (excludes halogenated alkanes) is 6. The Morgan fingerprint density at radius 3 is 1.68 bits per heavy atom. The summed E-state index contributed by atoms with van der Waals surface area (Å²) >= 11 is 0. The number of allylic oxidation sites excluding steroid dienone is 1. The van der Waals surface area contributed by atoms with E-state index in [2.05, 4.69) is 63.5 Å². The second-order valence-electron chi connectivity index (χ2n) is 14.9. The van der Waals surface area contributed by atoms with Gasteiger partial charge in [-0.3, -0.25) is 0 Å². The molecular weight excluding hydrogens is 580 g/mol. The van der Waals surface area contributed by atoms with Crippen molar-refractivity contribution in [3.8, 4) is 11.5 Å². The van der Waals surface area contributed by atoms with Gasteiger partial charge in [0.05, 0.1) is 13.2 Å². The zero-order chi connectivity index (χ0) is 32.1. The predicted octanol–water partition coefficient (Wildman–Crippen LogP) is 11.0. The van der Waals surface area contributed by atoms with Gasteiger partial charge in [0.1, 0.15) is 11.5 Å². The summed E-state index contributed by atoms with van der Waals surface area (Å²) in [7, 11) is 0. The van der Waals surface area contributed by atoms with E-state index in [0.29, 0.717) is 6.54 Å².